The minimum Gasteiger partial charge on any atom is -0.550 e. The van der Waals surface area contributed by atoms with Crippen LogP contribution in [0.4, 0.5) is 4.79 Å². The molecule has 0 saturated carbocycles. The number of aliphatic carboxylic acids is 1. The maximum atomic E-state index is 12.5. The second-order valence-electron chi connectivity index (χ2n) is 7.29. The zero-order valence-corrected chi connectivity index (χ0v) is 20.1. The number of amides is 3. The SMILES string of the molecule is Cc1ccccc1-c1cccc([C@H](CC(=O)[O-])NC(=O)NC2C(=O)C=CN(C)C2=O)c1.[Na+]. The van der Waals surface area contributed by atoms with Gasteiger partial charge in [0.1, 0.15) is 0 Å². The number of nitrogens with one attached hydrogen (secondary N) is 2. The summed E-state index contributed by atoms with van der Waals surface area (Å²) in [6, 6.07) is 11.8. The molecule has 160 valence electrons. The molecule has 0 radical (unpaired) electrons. The Morgan fingerprint density at radius 2 is 1.84 bits per heavy atom. The number of urea groups is 1. The molecule has 3 amide bonds. The molecule has 1 heterocycles. The number of likely N-dealkylation sites (N-methyl/N-ethyl adjacent to an activating group) is 1. The van der Waals surface area contributed by atoms with E-state index in [-0.39, 0.29) is 29.6 Å². The quantitative estimate of drug-likeness (QED) is 0.398. The Balaban J connectivity index is 0.00000363. The van der Waals surface area contributed by atoms with Crippen LogP contribution in [0.2, 0.25) is 0 Å². The fourth-order valence-electron chi connectivity index (χ4n) is 3.38. The normalized spacial score (nSPS) is 16.2. The van der Waals surface area contributed by atoms with Gasteiger partial charge in [-0.1, -0.05) is 42.5 Å². The molecule has 9 heteroatoms. The number of carbonyl (C=O) groups is 4. The molecule has 2 atom stereocenters. The minimum absolute atomic E-state index is 0. The van der Waals surface area contributed by atoms with E-state index in [4.69, 9.17) is 0 Å². The van der Waals surface area contributed by atoms with Crippen molar-refractivity contribution in [3.63, 3.8) is 0 Å². The van der Waals surface area contributed by atoms with E-state index >= 15 is 0 Å². The van der Waals surface area contributed by atoms with Gasteiger partial charge < -0.3 is 25.4 Å². The van der Waals surface area contributed by atoms with Gasteiger partial charge in [-0.3, -0.25) is 9.59 Å². The Morgan fingerprint density at radius 1 is 1.12 bits per heavy atom. The van der Waals surface area contributed by atoms with Crippen molar-refractivity contribution in [1.82, 2.24) is 15.5 Å². The molecule has 1 aliphatic rings. The molecule has 1 aliphatic heterocycles. The molecule has 0 aliphatic carbocycles. The predicted octanol–water partition coefficient (Wildman–Crippen LogP) is -1.93. The topological polar surface area (TPSA) is 119 Å². The first kappa shape index (κ1) is 25.3. The molecular weight excluding hydrogens is 421 g/mol. The number of nitrogens with zero attached hydrogens (tertiary/aromatic N) is 1. The molecule has 1 unspecified atom stereocenters. The van der Waals surface area contributed by atoms with Crippen molar-refractivity contribution < 1.29 is 53.8 Å². The number of carbonyl (C=O) groups excluding carboxylic acids is 4. The first-order valence-corrected chi connectivity index (χ1v) is 9.68. The fourth-order valence-corrected chi connectivity index (χ4v) is 3.38. The van der Waals surface area contributed by atoms with Crippen molar-refractivity contribution in [3.8, 4) is 11.1 Å². The van der Waals surface area contributed by atoms with E-state index in [0.717, 1.165) is 16.7 Å². The van der Waals surface area contributed by atoms with Crippen molar-refractivity contribution >= 4 is 23.7 Å². The first-order chi connectivity index (χ1) is 14.8. The van der Waals surface area contributed by atoms with Gasteiger partial charge in [0.2, 0.25) is 0 Å². The molecule has 0 bridgehead atoms. The average Bonchev–Trinajstić information content (AvgIpc) is 2.73. The molecular formula is C23H22N3NaO5. The standard InChI is InChI=1S/C23H23N3O5.Na/c1-14-6-3-4-9-17(14)15-7-5-8-16(12-15)18(13-20(28)29)24-23(31)25-21-19(27)10-11-26(2)22(21)30;/h3-12,18,21H,13H2,1-2H3,(H,28,29)(H2,24,25,31);/q;+1/p-1/t18-,21?;/m0./s1. The zero-order chi connectivity index (χ0) is 22.5. The summed E-state index contributed by atoms with van der Waals surface area (Å²) >= 11 is 0. The Kier molecular flexibility index (Phi) is 8.77. The van der Waals surface area contributed by atoms with Crippen LogP contribution in [-0.4, -0.2) is 41.7 Å². The van der Waals surface area contributed by atoms with Gasteiger partial charge in [0, 0.05) is 31.7 Å². The van der Waals surface area contributed by atoms with Crippen LogP contribution in [-0.2, 0) is 14.4 Å². The summed E-state index contributed by atoms with van der Waals surface area (Å²) in [5.41, 5.74) is 3.45. The molecule has 2 aromatic carbocycles. The second-order valence-corrected chi connectivity index (χ2v) is 7.29. The molecule has 0 saturated heterocycles. The van der Waals surface area contributed by atoms with Crippen molar-refractivity contribution in [2.24, 2.45) is 0 Å². The van der Waals surface area contributed by atoms with E-state index in [0.29, 0.717) is 5.56 Å². The van der Waals surface area contributed by atoms with Gasteiger partial charge in [0.25, 0.3) is 5.91 Å². The van der Waals surface area contributed by atoms with Crippen LogP contribution in [0.3, 0.4) is 0 Å². The summed E-state index contributed by atoms with van der Waals surface area (Å²) in [5, 5.41) is 16.2. The van der Waals surface area contributed by atoms with Crippen LogP contribution in [0.1, 0.15) is 23.6 Å². The van der Waals surface area contributed by atoms with Crippen LogP contribution >= 0.6 is 0 Å². The van der Waals surface area contributed by atoms with Crippen LogP contribution in [0.15, 0.2) is 60.8 Å². The molecule has 32 heavy (non-hydrogen) atoms. The molecule has 2 N–H and O–H groups in total. The van der Waals surface area contributed by atoms with Crippen LogP contribution < -0.4 is 45.3 Å². The number of hydrogen-bond acceptors (Lipinski definition) is 5. The molecule has 3 rings (SSSR count). The molecule has 2 aromatic rings. The summed E-state index contributed by atoms with van der Waals surface area (Å²) in [5.74, 6) is -2.49. The largest absolute Gasteiger partial charge is 1.00 e. The van der Waals surface area contributed by atoms with Gasteiger partial charge in [0.05, 0.1) is 6.04 Å². The van der Waals surface area contributed by atoms with Gasteiger partial charge in [0.15, 0.2) is 11.8 Å². The van der Waals surface area contributed by atoms with E-state index in [9.17, 15) is 24.3 Å². The minimum atomic E-state index is -1.36. The number of ketones is 1. The van der Waals surface area contributed by atoms with Crippen molar-refractivity contribution in [2.75, 3.05) is 7.05 Å². The Labute approximate surface area is 208 Å². The Hall–Kier alpha value is -2.94. The van der Waals surface area contributed by atoms with Crippen LogP contribution in [0.25, 0.3) is 11.1 Å². The van der Waals surface area contributed by atoms with Crippen molar-refractivity contribution in [3.05, 3.63) is 71.9 Å². The van der Waals surface area contributed by atoms with Crippen LogP contribution in [0.5, 0.6) is 0 Å². The number of aryl methyl sites for hydroxylation is 1. The molecule has 0 aromatic heterocycles. The van der Waals surface area contributed by atoms with E-state index in [1.54, 1.807) is 18.2 Å². The van der Waals surface area contributed by atoms with Gasteiger partial charge in [-0.15, -0.1) is 0 Å². The predicted molar refractivity (Wildman–Crippen MR) is 111 cm³/mol. The van der Waals surface area contributed by atoms with Crippen molar-refractivity contribution in [1.29, 1.82) is 0 Å². The molecule has 0 spiro atoms. The summed E-state index contributed by atoms with van der Waals surface area (Å²) in [6.07, 6.45) is 2.03. The first-order valence-electron chi connectivity index (χ1n) is 9.68. The molecule has 0 fully saturated rings. The smallest absolute Gasteiger partial charge is 0.550 e. The summed E-state index contributed by atoms with van der Waals surface area (Å²) < 4.78 is 0. The Morgan fingerprint density at radius 3 is 2.53 bits per heavy atom. The fraction of sp³-hybridized carbons (Fsp3) is 0.217. The number of carboxylic acid groups (broad SMARTS) is 1. The number of benzene rings is 2. The van der Waals surface area contributed by atoms with E-state index in [1.807, 2.05) is 37.3 Å². The average molecular weight is 443 g/mol. The number of rotatable bonds is 6. The van der Waals surface area contributed by atoms with E-state index in [2.05, 4.69) is 10.6 Å². The second kappa shape index (κ2) is 11.1. The van der Waals surface area contributed by atoms with Crippen molar-refractivity contribution in [2.45, 2.75) is 25.4 Å². The monoisotopic (exact) mass is 443 g/mol. The van der Waals surface area contributed by atoms with E-state index < -0.39 is 42.2 Å². The van der Waals surface area contributed by atoms with Gasteiger partial charge >= 0.3 is 35.6 Å². The van der Waals surface area contributed by atoms with Crippen LogP contribution in [0, 0.1) is 6.92 Å². The molecule has 8 nitrogen and oxygen atoms in total. The summed E-state index contributed by atoms with van der Waals surface area (Å²) in [7, 11) is 1.47. The third-order valence-corrected chi connectivity index (χ3v) is 5.04. The van der Waals surface area contributed by atoms with E-state index in [1.165, 1.54) is 24.2 Å². The third kappa shape index (κ3) is 6.06. The van der Waals surface area contributed by atoms with Gasteiger partial charge in [-0.25, -0.2) is 4.79 Å². The summed E-state index contributed by atoms with van der Waals surface area (Å²) in [6.45, 7) is 1.97. The Bertz CT molecular complexity index is 1070. The van der Waals surface area contributed by atoms with Gasteiger partial charge in [-0.2, -0.15) is 0 Å². The maximum absolute atomic E-state index is 12.5. The number of hydrogen-bond donors (Lipinski definition) is 2. The number of carboxylic acids is 1. The van der Waals surface area contributed by atoms with Gasteiger partial charge in [-0.05, 0) is 35.2 Å². The maximum Gasteiger partial charge on any atom is 1.00 e. The third-order valence-electron chi connectivity index (χ3n) is 5.04. The summed E-state index contributed by atoms with van der Waals surface area (Å²) in [4.78, 5) is 49.1. The zero-order valence-electron chi connectivity index (χ0n) is 18.1.